The first-order valence-electron chi connectivity index (χ1n) is 10.0. The van der Waals surface area contributed by atoms with Crippen LogP contribution in [0.15, 0.2) is 0 Å². The summed E-state index contributed by atoms with van der Waals surface area (Å²) in [6, 6.07) is 0. The molecule has 1 N–H and O–H groups in total. The Labute approximate surface area is 150 Å². The number of amides is 2. The number of likely N-dealkylation sites (tertiary alicyclic amines) is 1. The molecule has 4 rings (SSSR count). The molecule has 2 atom stereocenters. The lowest BCUT2D eigenvalue weighted by molar-refractivity contribution is -0.136. The predicted molar refractivity (Wildman–Crippen MR) is 94.0 cm³/mol. The van der Waals surface area contributed by atoms with Gasteiger partial charge in [0.1, 0.15) is 5.60 Å². The van der Waals surface area contributed by atoms with Crippen molar-refractivity contribution in [1.82, 2.24) is 15.1 Å². The molecule has 3 saturated heterocycles. The van der Waals surface area contributed by atoms with Crippen LogP contribution in [0.3, 0.4) is 0 Å². The highest BCUT2D eigenvalue weighted by molar-refractivity contribution is 5.83. The van der Waals surface area contributed by atoms with E-state index in [-0.39, 0.29) is 17.6 Å². The van der Waals surface area contributed by atoms with Crippen LogP contribution in [-0.4, -0.2) is 66.7 Å². The molecule has 0 aromatic heterocycles. The Hall–Kier alpha value is -1.30. The monoisotopic (exact) mass is 349 g/mol. The average molecular weight is 349 g/mol. The molecule has 0 aromatic carbocycles. The number of fused-ring (bicyclic) bond motifs is 1. The summed E-state index contributed by atoms with van der Waals surface area (Å²) in [5, 5.41) is 3.35. The Morgan fingerprint density at radius 2 is 1.88 bits per heavy atom. The number of ether oxygens (including phenoxy) is 1. The number of nitrogens with one attached hydrogen (secondary N) is 1. The van der Waals surface area contributed by atoms with Gasteiger partial charge in [-0.05, 0) is 30.8 Å². The number of rotatable bonds is 5. The van der Waals surface area contributed by atoms with Crippen LogP contribution in [0, 0.1) is 23.7 Å². The summed E-state index contributed by atoms with van der Waals surface area (Å²) >= 11 is 0. The molecular formula is C19H31N3O3. The van der Waals surface area contributed by atoms with Crippen molar-refractivity contribution in [3.05, 3.63) is 0 Å². The summed E-state index contributed by atoms with van der Waals surface area (Å²) in [5.74, 6) is 2.29. The van der Waals surface area contributed by atoms with Gasteiger partial charge in [-0.1, -0.05) is 26.7 Å². The lowest BCUT2D eigenvalue weighted by atomic mass is 9.90. The number of carbonyl (C=O) groups is 2. The molecule has 25 heavy (non-hydrogen) atoms. The zero-order valence-corrected chi connectivity index (χ0v) is 15.5. The van der Waals surface area contributed by atoms with E-state index >= 15 is 0 Å². The normalized spacial score (nSPS) is 33.1. The van der Waals surface area contributed by atoms with Gasteiger partial charge >= 0.3 is 6.09 Å². The third-order valence-corrected chi connectivity index (χ3v) is 7.04. The molecule has 3 heterocycles. The topological polar surface area (TPSA) is 61.9 Å². The minimum Gasteiger partial charge on any atom is -0.441 e. The Morgan fingerprint density at radius 1 is 1.24 bits per heavy atom. The van der Waals surface area contributed by atoms with Crippen LogP contribution < -0.4 is 5.32 Å². The first-order chi connectivity index (χ1) is 12.1. The molecule has 1 aliphatic carbocycles. The fourth-order valence-corrected chi connectivity index (χ4v) is 5.08. The van der Waals surface area contributed by atoms with Gasteiger partial charge in [-0.15, -0.1) is 0 Å². The number of hydrogen-bond donors (Lipinski definition) is 1. The van der Waals surface area contributed by atoms with E-state index in [1.165, 1.54) is 0 Å². The van der Waals surface area contributed by atoms with Crippen LogP contribution in [0.25, 0.3) is 0 Å². The SMILES string of the molecule is CCC(CC)CN1CC2(CCN(C(=O)C3C4CNCC43)CC2)OC1=O. The minimum absolute atomic E-state index is 0.158. The second-order valence-electron chi connectivity index (χ2n) is 8.45. The summed E-state index contributed by atoms with van der Waals surface area (Å²) in [6.45, 7) is 9.32. The number of nitrogens with zero attached hydrogens (tertiary/aromatic N) is 2. The first kappa shape index (κ1) is 17.1. The molecule has 6 heteroatoms. The molecule has 140 valence electrons. The smallest absolute Gasteiger partial charge is 0.410 e. The largest absolute Gasteiger partial charge is 0.441 e. The zero-order chi connectivity index (χ0) is 17.6. The van der Waals surface area contributed by atoms with Gasteiger partial charge in [0, 0.05) is 38.4 Å². The molecule has 0 aromatic rings. The van der Waals surface area contributed by atoms with Crippen molar-refractivity contribution >= 4 is 12.0 Å². The van der Waals surface area contributed by atoms with E-state index in [2.05, 4.69) is 19.2 Å². The predicted octanol–water partition coefficient (Wildman–Crippen LogP) is 1.70. The van der Waals surface area contributed by atoms with E-state index < -0.39 is 0 Å². The molecule has 0 radical (unpaired) electrons. The Bertz CT molecular complexity index is 530. The minimum atomic E-state index is -0.360. The van der Waals surface area contributed by atoms with Gasteiger partial charge in [0.25, 0.3) is 0 Å². The van der Waals surface area contributed by atoms with Gasteiger partial charge in [-0.2, -0.15) is 0 Å². The maximum Gasteiger partial charge on any atom is 0.410 e. The Balaban J connectivity index is 1.31. The van der Waals surface area contributed by atoms with Crippen molar-refractivity contribution in [2.75, 3.05) is 39.3 Å². The lowest BCUT2D eigenvalue weighted by Crippen LogP contribution is -2.49. The van der Waals surface area contributed by atoms with Gasteiger partial charge in [0.15, 0.2) is 0 Å². The van der Waals surface area contributed by atoms with Crippen molar-refractivity contribution in [1.29, 1.82) is 0 Å². The zero-order valence-electron chi connectivity index (χ0n) is 15.5. The molecule has 1 saturated carbocycles. The second-order valence-corrected chi connectivity index (χ2v) is 8.45. The quantitative estimate of drug-likeness (QED) is 0.821. The molecule has 3 aliphatic heterocycles. The van der Waals surface area contributed by atoms with Crippen molar-refractivity contribution in [3.63, 3.8) is 0 Å². The van der Waals surface area contributed by atoms with Crippen LogP contribution in [0.4, 0.5) is 4.79 Å². The van der Waals surface area contributed by atoms with Crippen LogP contribution >= 0.6 is 0 Å². The van der Waals surface area contributed by atoms with E-state index in [9.17, 15) is 9.59 Å². The highest BCUT2D eigenvalue weighted by Gasteiger charge is 2.58. The number of hydrogen-bond acceptors (Lipinski definition) is 4. The molecule has 2 amide bonds. The summed E-state index contributed by atoms with van der Waals surface area (Å²) in [4.78, 5) is 28.9. The maximum atomic E-state index is 12.7. The maximum absolute atomic E-state index is 12.7. The van der Waals surface area contributed by atoms with Gasteiger partial charge < -0.3 is 19.9 Å². The third-order valence-electron chi connectivity index (χ3n) is 7.04. The van der Waals surface area contributed by atoms with Gasteiger partial charge in [0.2, 0.25) is 5.91 Å². The average Bonchev–Trinajstić information content (AvgIpc) is 2.94. The summed E-state index contributed by atoms with van der Waals surface area (Å²) in [6.07, 6.45) is 3.59. The van der Waals surface area contributed by atoms with Crippen molar-refractivity contribution in [2.24, 2.45) is 23.7 Å². The molecule has 1 spiro atoms. The highest BCUT2D eigenvalue weighted by atomic mass is 16.6. The van der Waals surface area contributed by atoms with Gasteiger partial charge in [-0.3, -0.25) is 4.79 Å². The molecule has 4 fully saturated rings. The van der Waals surface area contributed by atoms with E-state index in [0.717, 1.165) is 58.4 Å². The summed E-state index contributed by atoms with van der Waals surface area (Å²) in [7, 11) is 0. The fraction of sp³-hybridized carbons (Fsp3) is 0.895. The Kier molecular flexibility index (Phi) is 4.42. The van der Waals surface area contributed by atoms with Gasteiger partial charge in [-0.25, -0.2) is 4.79 Å². The van der Waals surface area contributed by atoms with E-state index in [1.54, 1.807) is 0 Å². The number of piperidine rings is 2. The molecule has 0 bridgehead atoms. The van der Waals surface area contributed by atoms with E-state index in [1.807, 2.05) is 9.80 Å². The molecule has 6 nitrogen and oxygen atoms in total. The van der Waals surface area contributed by atoms with Crippen LogP contribution in [0.5, 0.6) is 0 Å². The van der Waals surface area contributed by atoms with Crippen molar-refractivity contribution in [3.8, 4) is 0 Å². The second kappa shape index (κ2) is 6.45. The third kappa shape index (κ3) is 3.03. The van der Waals surface area contributed by atoms with Gasteiger partial charge in [0.05, 0.1) is 6.54 Å². The number of carbonyl (C=O) groups excluding carboxylic acids is 2. The summed E-state index contributed by atoms with van der Waals surface area (Å²) in [5.41, 5.74) is -0.360. The fourth-order valence-electron chi connectivity index (χ4n) is 5.08. The van der Waals surface area contributed by atoms with Crippen LogP contribution in [-0.2, 0) is 9.53 Å². The van der Waals surface area contributed by atoms with E-state index in [0.29, 0.717) is 30.2 Å². The Morgan fingerprint density at radius 3 is 2.48 bits per heavy atom. The highest BCUT2D eigenvalue weighted by Crippen LogP contribution is 2.50. The van der Waals surface area contributed by atoms with Crippen molar-refractivity contribution < 1.29 is 14.3 Å². The summed E-state index contributed by atoms with van der Waals surface area (Å²) < 4.78 is 5.81. The van der Waals surface area contributed by atoms with Crippen LogP contribution in [0.1, 0.15) is 39.5 Å². The molecule has 4 aliphatic rings. The lowest BCUT2D eigenvalue weighted by Gasteiger charge is -2.37. The molecular weight excluding hydrogens is 318 g/mol. The van der Waals surface area contributed by atoms with E-state index in [4.69, 9.17) is 4.74 Å². The van der Waals surface area contributed by atoms with Crippen LogP contribution in [0.2, 0.25) is 0 Å². The molecule has 2 unspecified atom stereocenters. The van der Waals surface area contributed by atoms with Crippen molar-refractivity contribution in [2.45, 2.75) is 45.1 Å². The standard InChI is InChI=1S/C19H31N3O3/c1-3-13(4-2)11-22-12-19(25-18(22)24)5-7-21(8-6-19)17(23)16-14-9-20-10-15(14)16/h13-16,20H,3-12H2,1-2H3. The first-order valence-corrected chi connectivity index (χ1v) is 10.0.